The van der Waals surface area contributed by atoms with Crippen molar-refractivity contribution in [3.63, 3.8) is 0 Å². The van der Waals surface area contributed by atoms with Gasteiger partial charge in [-0.05, 0) is 18.1 Å². The van der Waals surface area contributed by atoms with Crippen molar-refractivity contribution < 1.29 is 9.59 Å². The van der Waals surface area contributed by atoms with Gasteiger partial charge in [0, 0.05) is 14.0 Å². The molecule has 112 valence electrons. The van der Waals surface area contributed by atoms with Gasteiger partial charge in [0.15, 0.2) is 5.13 Å². The molecule has 0 saturated carbocycles. The zero-order valence-electron chi connectivity index (χ0n) is 12.6. The molecular weight excluding hydrogens is 286 g/mol. The highest BCUT2D eigenvalue weighted by Gasteiger charge is 2.28. The number of aromatic nitrogens is 1. The predicted octanol–water partition coefficient (Wildman–Crippen LogP) is 2.42. The van der Waals surface area contributed by atoms with Crippen LogP contribution in [0, 0.1) is 5.92 Å². The van der Waals surface area contributed by atoms with E-state index in [1.807, 2.05) is 38.1 Å². The van der Waals surface area contributed by atoms with Crippen molar-refractivity contribution in [2.45, 2.75) is 26.8 Å². The maximum absolute atomic E-state index is 12.6. The predicted molar refractivity (Wildman–Crippen MR) is 85.5 cm³/mol. The molecule has 2 rings (SSSR count). The number of rotatable bonds is 4. The third-order valence-electron chi connectivity index (χ3n) is 3.19. The minimum Gasteiger partial charge on any atom is -0.344 e. The van der Waals surface area contributed by atoms with Crippen molar-refractivity contribution in [3.8, 4) is 0 Å². The average molecular weight is 305 g/mol. The molecule has 0 bridgehead atoms. The Balaban J connectivity index is 2.26. The third-order valence-corrected chi connectivity index (χ3v) is 4.30. The lowest BCUT2D eigenvalue weighted by molar-refractivity contribution is -0.127. The number of para-hydroxylation sites is 1. The highest BCUT2D eigenvalue weighted by molar-refractivity contribution is 7.22. The standard InChI is InChI=1S/C15H19N3O2S/c1-9(2)13(16-10(3)19)14(20)18(4)15-17-11-7-5-6-8-12(11)21-15/h5-9,13H,1-4H3,(H,16,19)/t13-/m1/s1. The van der Waals surface area contributed by atoms with Crippen molar-refractivity contribution in [2.24, 2.45) is 5.92 Å². The van der Waals surface area contributed by atoms with Crippen LogP contribution in [-0.4, -0.2) is 29.9 Å². The number of nitrogens with zero attached hydrogens (tertiary/aromatic N) is 2. The number of thiazole rings is 1. The Labute approximate surface area is 128 Å². The highest BCUT2D eigenvalue weighted by Crippen LogP contribution is 2.28. The normalized spacial score (nSPS) is 12.4. The van der Waals surface area contributed by atoms with Crippen molar-refractivity contribution in [2.75, 3.05) is 11.9 Å². The smallest absolute Gasteiger partial charge is 0.251 e. The first-order valence-electron chi connectivity index (χ1n) is 6.80. The van der Waals surface area contributed by atoms with Crippen molar-refractivity contribution >= 4 is 38.5 Å². The fourth-order valence-electron chi connectivity index (χ4n) is 2.04. The van der Waals surface area contributed by atoms with Crippen LogP contribution in [0.2, 0.25) is 0 Å². The van der Waals surface area contributed by atoms with E-state index in [1.54, 1.807) is 7.05 Å². The second kappa shape index (κ2) is 6.22. The molecular formula is C15H19N3O2S. The number of likely N-dealkylation sites (N-methyl/N-ethyl adjacent to an activating group) is 1. The lowest BCUT2D eigenvalue weighted by atomic mass is 10.0. The Morgan fingerprint density at radius 1 is 1.29 bits per heavy atom. The summed E-state index contributed by atoms with van der Waals surface area (Å²) in [6.45, 7) is 5.23. The van der Waals surface area contributed by atoms with Crippen molar-refractivity contribution in [1.82, 2.24) is 10.3 Å². The molecule has 0 spiro atoms. The summed E-state index contributed by atoms with van der Waals surface area (Å²) >= 11 is 1.46. The Morgan fingerprint density at radius 3 is 2.52 bits per heavy atom. The number of benzene rings is 1. The van der Waals surface area contributed by atoms with Gasteiger partial charge in [-0.15, -0.1) is 0 Å². The molecule has 6 heteroatoms. The number of anilines is 1. The molecule has 5 nitrogen and oxygen atoms in total. The van der Waals surface area contributed by atoms with Gasteiger partial charge in [0.05, 0.1) is 10.2 Å². The molecule has 2 aromatic rings. The van der Waals surface area contributed by atoms with Gasteiger partial charge in [0.2, 0.25) is 5.91 Å². The number of carbonyl (C=O) groups is 2. The zero-order chi connectivity index (χ0) is 15.6. The van der Waals surface area contributed by atoms with Crippen LogP contribution in [0.5, 0.6) is 0 Å². The summed E-state index contributed by atoms with van der Waals surface area (Å²) in [4.78, 5) is 29.8. The molecule has 0 aliphatic rings. The number of hydrogen-bond acceptors (Lipinski definition) is 4. The molecule has 0 radical (unpaired) electrons. The number of fused-ring (bicyclic) bond motifs is 1. The molecule has 21 heavy (non-hydrogen) atoms. The van der Waals surface area contributed by atoms with Crippen LogP contribution in [0.25, 0.3) is 10.2 Å². The number of amides is 2. The van der Waals surface area contributed by atoms with E-state index >= 15 is 0 Å². The minimum atomic E-state index is -0.542. The largest absolute Gasteiger partial charge is 0.344 e. The number of nitrogens with one attached hydrogen (secondary N) is 1. The van der Waals surface area contributed by atoms with E-state index in [-0.39, 0.29) is 17.7 Å². The number of carbonyl (C=O) groups excluding carboxylic acids is 2. The van der Waals surface area contributed by atoms with Crippen molar-refractivity contribution in [1.29, 1.82) is 0 Å². The van der Waals surface area contributed by atoms with Crippen LogP contribution in [0.15, 0.2) is 24.3 Å². The van der Waals surface area contributed by atoms with Crippen LogP contribution in [0.3, 0.4) is 0 Å². The molecule has 1 N–H and O–H groups in total. The van der Waals surface area contributed by atoms with Gasteiger partial charge in [0.25, 0.3) is 5.91 Å². The van der Waals surface area contributed by atoms with Gasteiger partial charge in [-0.3, -0.25) is 14.5 Å². The molecule has 2 amide bonds. The fraction of sp³-hybridized carbons (Fsp3) is 0.400. The summed E-state index contributed by atoms with van der Waals surface area (Å²) in [6.07, 6.45) is 0. The highest BCUT2D eigenvalue weighted by atomic mass is 32.1. The summed E-state index contributed by atoms with van der Waals surface area (Å²) in [5.41, 5.74) is 0.873. The second-order valence-electron chi connectivity index (χ2n) is 5.28. The molecule has 0 saturated heterocycles. The van der Waals surface area contributed by atoms with E-state index in [2.05, 4.69) is 10.3 Å². The Hall–Kier alpha value is -1.95. The molecule has 0 aliphatic carbocycles. The van der Waals surface area contributed by atoms with Crippen molar-refractivity contribution in [3.05, 3.63) is 24.3 Å². The molecule has 1 heterocycles. The Morgan fingerprint density at radius 2 is 1.95 bits per heavy atom. The number of hydrogen-bond donors (Lipinski definition) is 1. The fourth-order valence-corrected chi connectivity index (χ4v) is 2.97. The van der Waals surface area contributed by atoms with E-state index < -0.39 is 6.04 Å². The molecule has 0 unspecified atom stereocenters. The third kappa shape index (κ3) is 3.39. The topological polar surface area (TPSA) is 62.3 Å². The maximum atomic E-state index is 12.6. The van der Waals surface area contributed by atoms with E-state index in [1.165, 1.54) is 23.2 Å². The summed E-state index contributed by atoms with van der Waals surface area (Å²) < 4.78 is 1.03. The molecule has 1 atom stereocenters. The van der Waals surface area contributed by atoms with Crippen LogP contribution in [-0.2, 0) is 9.59 Å². The summed E-state index contributed by atoms with van der Waals surface area (Å²) in [5, 5.41) is 3.35. The van der Waals surface area contributed by atoms with E-state index in [9.17, 15) is 9.59 Å². The molecule has 1 aromatic heterocycles. The van der Waals surface area contributed by atoms with Gasteiger partial charge in [-0.25, -0.2) is 4.98 Å². The van der Waals surface area contributed by atoms with E-state index in [0.717, 1.165) is 10.2 Å². The first-order chi connectivity index (χ1) is 9.90. The minimum absolute atomic E-state index is 0.0122. The quantitative estimate of drug-likeness (QED) is 0.943. The first kappa shape index (κ1) is 15.4. The van der Waals surface area contributed by atoms with Crippen LogP contribution < -0.4 is 10.2 Å². The van der Waals surface area contributed by atoms with Gasteiger partial charge in [-0.1, -0.05) is 37.3 Å². The van der Waals surface area contributed by atoms with Gasteiger partial charge in [-0.2, -0.15) is 0 Å². The van der Waals surface area contributed by atoms with Crippen LogP contribution in [0.1, 0.15) is 20.8 Å². The zero-order valence-corrected chi connectivity index (χ0v) is 13.4. The Kier molecular flexibility index (Phi) is 4.57. The van der Waals surface area contributed by atoms with Gasteiger partial charge in [0.1, 0.15) is 6.04 Å². The summed E-state index contributed by atoms with van der Waals surface area (Å²) in [6, 6.07) is 7.21. The first-order valence-corrected chi connectivity index (χ1v) is 7.62. The van der Waals surface area contributed by atoms with Crippen LogP contribution in [0.4, 0.5) is 5.13 Å². The lowest BCUT2D eigenvalue weighted by Gasteiger charge is -2.25. The SMILES string of the molecule is CC(=O)N[C@@H](C(=O)N(C)c1nc2ccccc2s1)C(C)C. The molecule has 1 aromatic carbocycles. The average Bonchev–Trinajstić information content (AvgIpc) is 2.86. The van der Waals surface area contributed by atoms with Crippen LogP contribution >= 0.6 is 11.3 Å². The maximum Gasteiger partial charge on any atom is 0.251 e. The monoisotopic (exact) mass is 305 g/mol. The summed E-state index contributed by atoms with van der Waals surface area (Å²) in [5.74, 6) is -0.350. The van der Waals surface area contributed by atoms with Gasteiger partial charge >= 0.3 is 0 Å². The Bertz CT molecular complexity index is 633. The lowest BCUT2D eigenvalue weighted by Crippen LogP contribution is -2.49. The van der Waals surface area contributed by atoms with E-state index in [4.69, 9.17) is 0 Å². The summed E-state index contributed by atoms with van der Waals surface area (Å²) in [7, 11) is 1.69. The van der Waals surface area contributed by atoms with Gasteiger partial charge < -0.3 is 5.32 Å². The second-order valence-corrected chi connectivity index (χ2v) is 6.29. The molecule has 0 aliphatic heterocycles. The molecule has 0 fully saturated rings. The van der Waals surface area contributed by atoms with E-state index in [0.29, 0.717) is 5.13 Å².